The number of benzene rings is 3. The van der Waals surface area contributed by atoms with Crippen LogP contribution in [-0.2, 0) is 5.04 Å². The van der Waals surface area contributed by atoms with Gasteiger partial charge < -0.3 is 0 Å². The smallest absolute Gasteiger partial charge is 0.0602 e. The molecule has 0 amide bonds. The van der Waals surface area contributed by atoms with Crippen LogP contribution in [-0.4, -0.2) is 8.80 Å². The van der Waals surface area contributed by atoms with Crippen molar-refractivity contribution in [3.63, 3.8) is 0 Å². The van der Waals surface area contributed by atoms with Crippen molar-refractivity contribution in [3.8, 4) is 11.1 Å². The molecule has 0 spiro atoms. The van der Waals surface area contributed by atoms with Gasteiger partial charge in [-0.05, 0) is 33.4 Å². The predicted octanol–water partition coefficient (Wildman–Crippen LogP) is 6.06. The van der Waals surface area contributed by atoms with Crippen LogP contribution in [0.5, 0.6) is 0 Å². The second kappa shape index (κ2) is 5.31. The van der Waals surface area contributed by atoms with Crippen molar-refractivity contribution in [2.24, 2.45) is 0 Å². The molecular formula is C24H21Si. The first-order valence-corrected chi connectivity index (χ1v) is 11.5. The summed E-state index contributed by atoms with van der Waals surface area (Å²) >= 11 is 0. The second-order valence-electron chi connectivity index (χ2n) is 7.40. The Morgan fingerprint density at radius 3 is 1.92 bits per heavy atom. The molecule has 121 valence electrons. The average molecular weight is 338 g/mol. The molecule has 3 aromatic rings. The third-order valence-electron chi connectivity index (χ3n) is 6.05. The summed E-state index contributed by atoms with van der Waals surface area (Å²) in [5.74, 6) is 0.420. The molecule has 5 rings (SSSR count). The van der Waals surface area contributed by atoms with Gasteiger partial charge in [0.15, 0.2) is 0 Å². The molecule has 0 N–H and O–H groups in total. The average Bonchev–Trinajstić information content (AvgIpc) is 3.19. The van der Waals surface area contributed by atoms with Crippen molar-refractivity contribution in [2.75, 3.05) is 0 Å². The highest BCUT2D eigenvalue weighted by Crippen LogP contribution is 2.57. The Labute approximate surface area is 151 Å². The van der Waals surface area contributed by atoms with E-state index in [1.54, 1.807) is 0 Å². The SMILES string of the molecule is C[Si](C)C1(C2c3ccccc3-c3ccccc32)C=Cc2ccccc21. The van der Waals surface area contributed by atoms with Gasteiger partial charge in [-0.3, -0.25) is 0 Å². The lowest BCUT2D eigenvalue weighted by molar-refractivity contribution is 0.649. The molecule has 1 heteroatoms. The van der Waals surface area contributed by atoms with E-state index in [4.69, 9.17) is 0 Å². The van der Waals surface area contributed by atoms with Crippen LogP contribution in [0.3, 0.4) is 0 Å². The van der Waals surface area contributed by atoms with Gasteiger partial charge in [-0.15, -0.1) is 0 Å². The molecule has 25 heavy (non-hydrogen) atoms. The maximum Gasteiger partial charge on any atom is 0.0602 e. The van der Waals surface area contributed by atoms with Gasteiger partial charge in [0.2, 0.25) is 0 Å². The molecule has 0 aromatic heterocycles. The molecule has 1 atom stereocenters. The molecule has 0 fully saturated rings. The van der Waals surface area contributed by atoms with Gasteiger partial charge in [-0.2, -0.15) is 0 Å². The van der Waals surface area contributed by atoms with Gasteiger partial charge in [-0.1, -0.05) is 98.0 Å². The molecule has 0 saturated carbocycles. The van der Waals surface area contributed by atoms with Crippen LogP contribution < -0.4 is 0 Å². The lowest BCUT2D eigenvalue weighted by Gasteiger charge is -2.40. The van der Waals surface area contributed by atoms with Gasteiger partial charge in [0.1, 0.15) is 0 Å². The van der Waals surface area contributed by atoms with Gasteiger partial charge in [0, 0.05) is 11.0 Å². The molecule has 2 aliphatic carbocycles. The summed E-state index contributed by atoms with van der Waals surface area (Å²) in [6.07, 6.45) is 4.88. The number of fused-ring (bicyclic) bond motifs is 4. The van der Waals surface area contributed by atoms with Crippen LogP contribution in [0.2, 0.25) is 13.1 Å². The van der Waals surface area contributed by atoms with E-state index >= 15 is 0 Å². The van der Waals surface area contributed by atoms with Crippen LogP contribution >= 0.6 is 0 Å². The molecule has 0 aliphatic heterocycles. The maximum atomic E-state index is 2.52. The van der Waals surface area contributed by atoms with E-state index in [-0.39, 0.29) is 5.04 Å². The summed E-state index contributed by atoms with van der Waals surface area (Å²) in [5, 5.41) is 0.115. The zero-order valence-corrected chi connectivity index (χ0v) is 15.7. The zero-order chi connectivity index (χ0) is 17.0. The molecule has 1 unspecified atom stereocenters. The summed E-state index contributed by atoms with van der Waals surface area (Å²) in [4.78, 5) is 0. The summed E-state index contributed by atoms with van der Waals surface area (Å²) in [5.41, 5.74) is 8.75. The second-order valence-corrected chi connectivity index (χ2v) is 10.2. The predicted molar refractivity (Wildman–Crippen MR) is 108 cm³/mol. The number of hydrogen-bond acceptors (Lipinski definition) is 0. The van der Waals surface area contributed by atoms with Crippen LogP contribution in [0.1, 0.15) is 28.2 Å². The van der Waals surface area contributed by atoms with E-state index in [9.17, 15) is 0 Å². The van der Waals surface area contributed by atoms with Gasteiger partial charge in [-0.25, -0.2) is 0 Å². The number of rotatable bonds is 2. The van der Waals surface area contributed by atoms with E-state index in [2.05, 4.69) is 98.0 Å². The van der Waals surface area contributed by atoms with E-state index in [1.807, 2.05) is 0 Å². The first-order chi connectivity index (χ1) is 12.2. The number of allylic oxidation sites excluding steroid dienone is 1. The fourth-order valence-electron chi connectivity index (χ4n) is 4.95. The first-order valence-electron chi connectivity index (χ1n) is 9.01. The highest BCUT2D eigenvalue weighted by Gasteiger charge is 2.49. The topological polar surface area (TPSA) is 0 Å². The highest BCUT2D eigenvalue weighted by atomic mass is 28.3. The molecule has 0 nitrogen and oxygen atoms in total. The summed E-state index contributed by atoms with van der Waals surface area (Å²) in [6, 6.07) is 27.0. The largest absolute Gasteiger partial charge is 0.0754 e. The normalized spacial score (nSPS) is 20.6. The fourth-order valence-corrected chi connectivity index (χ4v) is 7.02. The monoisotopic (exact) mass is 337 g/mol. The summed E-state index contributed by atoms with van der Waals surface area (Å²) in [6.45, 7) is 4.95. The van der Waals surface area contributed by atoms with Crippen molar-refractivity contribution in [1.29, 1.82) is 0 Å². The van der Waals surface area contributed by atoms with Crippen LogP contribution in [0.15, 0.2) is 78.9 Å². The molecule has 2 aliphatic rings. The Hall–Kier alpha value is -2.38. The molecule has 0 heterocycles. The quantitative estimate of drug-likeness (QED) is 0.499. The van der Waals surface area contributed by atoms with E-state index in [0.29, 0.717) is 5.92 Å². The van der Waals surface area contributed by atoms with Crippen molar-refractivity contribution in [1.82, 2.24) is 0 Å². The lowest BCUT2D eigenvalue weighted by atomic mass is 9.80. The molecular weight excluding hydrogens is 316 g/mol. The van der Waals surface area contributed by atoms with Gasteiger partial charge >= 0.3 is 0 Å². The van der Waals surface area contributed by atoms with Crippen molar-refractivity contribution in [2.45, 2.75) is 24.1 Å². The Balaban J connectivity index is 1.84. The minimum atomic E-state index is -0.636. The molecule has 0 saturated heterocycles. The number of hydrogen-bond donors (Lipinski definition) is 0. The standard InChI is InChI=1S/C24H21Si/c1-25(2)24(16-15-17-9-3-8-14-22(17)24)23-20-12-6-4-10-18(20)19-11-5-7-13-21(19)23/h3-16,23H,1-2H3. The van der Waals surface area contributed by atoms with Crippen molar-refractivity contribution in [3.05, 3.63) is 101 Å². The van der Waals surface area contributed by atoms with E-state index in [1.165, 1.54) is 33.4 Å². The Bertz CT molecular complexity index is 953. The van der Waals surface area contributed by atoms with Gasteiger partial charge in [0.05, 0.1) is 8.80 Å². The summed E-state index contributed by atoms with van der Waals surface area (Å²) in [7, 11) is -0.636. The molecule has 0 bridgehead atoms. The Morgan fingerprint density at radius 1 is 0.720 bits per heavy atom. The maximum absolute atomic E-state index is 2.52. The summed E-state index contributed by atoms with van der Waals surface area (Å²) < 4.78 is 0. The van der Waals surface area contributed by atoms with Crippen molar-refractivity contribution >= 4 is 14.9 Å². The van der Waals surface area contributed by atoms with Crippen LogP contribution in [0, 0.1) is 0 Å². The Kier molecular flexibility index (Phi) is 3.17. The Morgan fingerprint density at radius 2 is 1.28 bits per heavy atom. The first kappa shape index (κ1) is 14.9. The van der Waals surface area contributed by atoms with E-state index < -0.39 is 8.80 Å². The minimum Gasteiger partial charge on any atom is -0.0754 e. The van der Waals surface area contributed by atoms with E-state index in [0.717, 1.165) is 0 Å². The zero-order valence-electron chi connectivity index (χ0n) is 14.7. The lowest BCUT2D eigenvalue weighted by Crippen LogP contribution is -2.42. The molecule has 1 radical (unpaired) electrons. The molecule has 3 aromatic carbocycles. The minimum absolute atomic E-state index is 0.115. The highest BCUT2D eigenvalue weighted by molar-refractivity contribution is 6.61. The third kappa shape index (κ3) is 1.87. The third-order valence-corrected chi connectivity index (χ3v) is 8.43. The fraction of sp³-hybridized carbons (Fsp3) is 0.167. The van der Waals surface area contributed by atoms with Crippen LogP contribution in [0.25, 0.3) is 17.2 Å². The van der Waals surface area contributed by atoms with Crippen LogP contribution in [0.4, 0.5) is 0 Å². The van der Waals surface area contributed by atoms with Gasteiger partial charge in [0.25, 0.3) is 0 Å². The van der Waals surface area contributed by atoms with Crippen molar-refractivity contribution < 1.29 is 0 Å².